The molecule has 1 aromatic rings. The molecule has 2 nitrogen and oxygen atoms in total. The maximum atomic E-state index is 4.35. The summed E-state index contributed by atoms with van der Waals surface area (Å²) in [7, 11) is 0. The zero-order chi connectivity index (χ0) is 13.4. The highest BCUT2D eigenvalue weighted by atomic mass is 15.0. The second kappa shape index (κ2) is 7.62. The minimum atomic E-state index is 0.216. The zero-order valence-corrected chi connectivity index (χ0v) is 11.4. The third-order valence-electron chi connectivity index (χ3n) is 2.80. The normalized spacial score (nSPS) is 15.1. The minimum absolute atomic E-state index is 0.216. The monoisotopic (exact) mass is 242 g/mol. The molecule has 0 aliphatic heterocycles. The SMILES string of the molecule is C=C(/C=C\C=C/C)C(C)NC(C)c1ccccn1. The van der Waals surface area contributed by atoms with Crippen LogP contribution in [-0.2, 0) is 0 Å². The van der Waals surface area contributed by atoms with Gasteiger partial charge in [0.2, 0.25) is 0 Å². The third-order valence-corrected chi connectivity index (χ3v) is 2.80. The van der Waals surface area contributed by atoms with Crippen LogP contribution in [0.3, 0.4) is 0 Å². The van der Waals surface area contributed by atoms with Gasteiger partial charge >= 0.3 is 0 Å². The number of pyridine rings is 1. The van der Waals surface area contributed by atoms with Crippen LogP contribution in [-0.4, -0.2) is 11.0 Å². The van der Waals surface area contributed by atoms with Crippen molar-refractivity contribution in [3.05, 3.63) is 66.5 Å². The number of aromatic nitrogens is 1. The van der Waals surface area contributed by atoms with Crippen LogP contribution in [0, 0.1) is 0 Å². The van der Waals surface area contributed by atoms with E-state index in [9.17, 15) is 0 Å². The van der Waals surface area contributed by atoms with E-state index in [1.54, 1.807) is 0 Å². The predicted octanol–water partition coefficient (Wildman–Crippen LogP) is 3.81. The number of nitrogens with zero attached hydrogens (tertiary/aromatic N) is 1. The van der Waals surface area contributed by atoms with Crippen molar-refractivity contribution in [2.45, 2.75) is 32.9 Å². The molecular formula is C16H22N2. The summed E-state index contributed by atoms with van der Waals surface area (Å²) >= 11 is 0. The summed E-state index contributed by atoms with van der Waals surface area (Å²) in [4.78, 5) is 4.35. The molecule has 1 heterocycles. The van der Waals surface area contributed by atoms with Crippen LogP contribution in [0.1, 0.15) is 32.5 Å². The first-order valence-corrected chi connectivity index (χ1v) is 6.30. The number of allylic oxidation sites excluding steroid dienone is 3. The molecule has 18 heavy (non-hydrogen) atoms. The molecule has 1 rings (SSSR count). The Kier molecular flexibility index (Phi) is 6.09. The first-order valence-electron chi connectivity index (χ1n) is 6.30. The van der Waals surface area contributed by atoms with Crippen LogP contribution < -0.4 is 5.32 Å². The summed E-state index contributed by atoms with van der Waals surface area (Å²) in [5.74, 6) is 0. The number of hydrogen-bond acceptors (Lipinski definition) is 2. The second-order valence-corrected chi connectivity index (χ2v) is 4.32. The highest BCUT2D eigenvalue weighted by molar-refractivity contribution is 5.24. The molecule has 1 N–H and O–H groups in total. The maximum absolute atomic E-state index is 4.35. The Bertz CT molecular complexity index is 418. The molecule has 0 aromatic carbocycles. The van der Waals surface area contributed by atoms with Crippen molar-refractivity contribution in [1.29, 1.82) is 0 Å². The van der Waals surface area contributed by atoms with E-state index in [1.165, 1.54) is 0 Å². The minimum Gasteiger partial charge on any atom is -0.302 e. The lowest BCUT2D eigenvalue weighted by Gasteiger charge is -2.20. The van der Waals surface area contributed by atoms with Crippen molar-refractivity contribution in [3.8, 4) is 0 Å². The van der Waals surface area contributed by atoms with Crippen molar-refractivity contribution >= 4 is 0 Å². The van der Waals surface area contributed by atoms with Crippen molar-refractivity contribution in [2.75, 3.05) is 0 Å². The van der Waals surface area contributed by atoms with Gasteiger partial charge in [-0.15, -0.1) is 0 Å². The van der Waals surface area contributed by atoms with E-state index >= 15 is 0 Å². The van der Waals surface area contributed by atoms with Gasteiger partial charge in [0.1, 0.15) is 0 Å². The Morgan fingerprint density at radius 1 is 1.33 bits per heavy atom. The van der Waals surface area contributed by atoms with Gasteiger partial charge in [-0.25, -0.2) is 0 Å². The van der Waals surface area contributed by atoms with E-state index in [4.69, 9.17) is 0 Å². The van der Waals surface area contributed by atoms with Crippen molar-refractivity contribution < 1.29 is 0 Å². The molecule has 0 radical (unpaired) electrons. The molecule has 2 unspecified atom stereocenters. The number of hydrogen-bond donors (Lipinski definition) is 1. The fraction of sp³-hybridized carbons (Fsp3) is 0.312. The Labute approximate surface area is 110 Å². The fourth-order valence-electron chi connectivity index (χ4n) is 1.63. The molecule has 96 valence electrons. The third kappa shape index (κ3) is 4.68. The van der Waals surface area contributed by atoms with Crippen LogP contribution >= 0.6 is 0 Å². The Balaban J connectivity index is 2.54. The second-order valence-electron chi connectivity index (χ2n) is 4.32. The van der Waals surface area contributed by atoms with Crippen LogP contribution in [0.25, 0.3) is 0 Å². The van der Waals surface area contributed by atoms with Crippen molar-refractivity contribution in [3.63, 3.8) is 0 Å². The van der Waals surface area contributed by atoms with Crippen LogP contribution in [0.4, 0.5) is 0 Å². The van der Waals surface area contributed by atoms with Crippen LogP contribution in [0.2, 0.25) is 0 Å². The predicted molar refractivity (Wildman–Crippen MR) is 78.3 cm³/mol. The molecule has 0 saturated carbocycles. The first kappa shape index (κ1) is 14.4. The van der Waals surface area contributed by atoms with E-state index in [0.29, 0.717) is 0 Å². The molecular weight excluding hydrogens is 220 g/mol. The highest BCUT2D eigenvalue weighted by Gasteiger charge is 2.10. The summed E-state index contributed by atoms with van der Waals surface area (Å²) in [5, 5.41) is 3.49. The summed E-state index contributed by atoms with van der Waals surface area (Å²) < 4.78 is 0. The molecule has 0 saturated heterocycles. The quantitative estimate of drug-likeness (QED) is 0.767. The maximum Gasteiger partial charge on any atom is 0.0570 e. The molecule has 0 aliphatic carbocycles. The first-order chi connectivity index (χ1) is 8.65. The van der Waals surface area contributed by atoms with Gasteiger partial charge in [0.15, 0.2) is 0 Å². The molecule has 0 aliphatic rings. The van der Waals surface area contributed by atoms with Gasteiger partial charge in [-0.2, -0.15) is 0 Å². The van der Waals surface area contributed by atoms with Gasteiger partial charge < -0.3 is 5.32 Å². The van der Waals surface area contributed by atoms with Crippen LogP contribution in [0.15, 0.2) is 60.9 Å². The lowest BCUT2D eigenvalue weighted by molar-refractivity contribution is 0.517. The average Bonchev–Trinajstić information content (AvgIpc) is 2.39. The Morgan fingerprint density at radius 3 is 2.72 bits per heavy atom. The van der Waals surface area contributed by atoms with E-state index in [-0.39, 0.29) is 12.1 Å². The van der Waals surface area contributed by atoms with Gasteiger partial charge in [-0.1, -0.05) is 36.9 Å². The van der Waals surface area contributed by atoms with E-state index in [0.717, 1.165) is 11.3 Å². The van der Waals surface area contributed by atoms with Gasteiger partial charge in [0.25, 0.3) is 0 Å². The summed E-state index contributed by atoms with van der Waals surface area (Å²) in [6, 6.07) is 6.41. The largest absolute Gasteiger partial charge is 0.302 e. The van der Waals surface area contributed by atoms with Gasteiger partial charge in [-0.3, -0.25) is 4.98 Å². The lowest BCUT2D eigenvalue weighted by Crippen LogP contribution is -2.30. The Morgan fingerprint density at radius 2 is 2.11 bits per heavy atom. The standard InChI is InChI=1S/C16H22N2/c1-5-6-7-10-13(2)14(3)18-15(4)16-11-8-9-12-17-16/h5-12,14-15,18H,2H2,1,3-4H3/b6-5-,10-7-. The van der Waals surface area contributed by atoms with Gasteiger partial charge in [0.05, 0.1) is 5.69 Å². The Hall–Kier alpha value is -1.67. The van der Waals surface area contributed by atoms with Crippen LogP contribution in [0.5, 0.6) is 0 Å². The van der Waals surface area contributed by atoms with E-state index < -0.39 is 0 Å². The smallest absolute Gasteiger partial charge is 0.0570 e. The van der Waals surface area contributed by atoms with Gasteiger partial charge in [-0.05, 0) is 38.5 Å². The van der Waals surface area contributed by atoms with Gasteiger partial charge in [0, 0.05) is 18.3 Å². The summed E-state index contributed by atoms with van der Waals surface area (Å²) in [6.07, 6.45) is 9.85. The molecule has 0 fully saturated rings. The van der Waals surface area contributed by atoms with E-state index in [2.05, 4.69) is 30.7 Å². The molecule has 1 aromatic heterocycles. The highest BCUT2D eigenvalue weighted by Crippen LogP contribution is 2.12. The fourth-order valence-corrected chi connectivity index (χ4v) is 1.63. The summed E-state index contributed by atoms with van der Waals surface area (Å²) in [5.41, 5.74) is 2.12. The molecule has 0 bridgehead atoms. The molecule has 0 spiro atoms. The number of rotatable bonds is 6. The van der Waals surface area contributed by atoms with Crippen molar-refractivity contribution in [2.24, 2.45) is 0 Å². The number of nitrogens with one attached hydrogen (secondary N) is 1. The van der Waals surface area contributed by atoms with Crippen molar-refractivity contribution in [1.82, 2.24) is 10.3 Å². The lowest BCUT2D eigenvalue weighted by atomic mass is 10.1. The average molecular weight is 242 g/mol. The molecule has 2 atom stereocenters. The zero-order valence-electron chi connectivity index (χ0n) is 11.4. The van der Waals surface area contributed by atoms with E-state index in [1.807, 2.05) is 55.6 Å². The molecule has 0 amide bonds. The molecule has 2 heteroatoms. The topological polar surface area (TPSA) is 24.9 Å². The summed E-state index contributed by atoms with van der Waals surface area (Å²) in [6.45, 7) is 10.3.